The van der Waals surface area contributed by atoms with Gasteiger partial charge in [-0.2, -0.15) is 18.2 Å². The van der Waals surface area contributed by atoms with Crippen LogP contribution in [-0.2, 0) is 10.5 Å². The van der Waals surface area contributed by atoms with E-state index in [9.17, 15) is 18.0 Å². The molecule has 0 saturated heterocycles. The van der Waals surface area contributed by atoms with Gasteiger partial charge in [0.05, 0.1) is 16.4 Å². The number of carbonyl (C=O) groups excluding carboxylic acids is 1. The van der Waals surface area contributed by atoms with Crippen LogP contribution >= 0.6 is 23.1 Å². The lowest BCUT2D eigenvalue weighted by Gasteiger charge is -2.07. The van der Waals surface area contributed by atoms with Crippen LogP contribution in [0.15, 0.2) is 22.0 Å². The van der Waals surface area contributed by atoms with E-state index in [4.69, 9.17) is 4.52 Å². The average Bonchev–Trinajstić information content (AvgIpc) is 3.06. The van der Waals surface area contributed by atoms with Gasteiger partial charge >= 0.3 is 6.18 Å². The zero-order chi connectivity index (χ0) is 15.3. The quantitative estimate of drug-likeness (QED) is 0.878. The first kappa shape index (κ1) is 15.8. The highest BCUT2D eigenvalue weighted by Crippen LogP contribution is 2.22. The van der Waals surface area contributed by atoms with Gasteiger partial charge in [0, 0.05) is 0 Å². The smallest absolute Gasteiger partial charge is 0.346 e. The van der Waals surface area contributed by atoms with Crippen molar-refractivity contribution < 1.29 is 22.5 Å². The van der Waals surface area contributed by atoms with Gasteiger partial charge in [-0.05, 0) is 11.4 Å². The van der Waals surface area contributed by atoms with Gasteiger partial charge in [0.2, 0.25) is 17.6 Å². The number of hydrogen-bond acceptors (Lipinski definition) is 6. The second-order valence-electron chi connectivity index (χ2n) is 3.87. The monoisotopic (exact) mass is 337 g/mol. The summed E-state index contributed by atoms with van der Waals surface area (Å²) in [5.74, 6) is 0.259. The Kier molecular flexibility index (Phi) is 5.23. The van der Waals surface area contributed by atoms with Crippen LogP contribution in [0.3, 0.4) is 0 Å². The summed E-state index contributed by atoms with van der Waals surface area (Å²) in [5.41, 5.74) is 0. The maximum atomic E-state index is 11.9. The van der Waals surface area contributed by atoms with Crippen LogP contribution in [0.2, 0.25) is 0 Å². The first-order valence-electron chi connectivity index (χ1n) is 5.72. The number of thioether (sulfide) groups is 1. The zero-order valence-electron chi connectivity index (χ0n) is 10.5. The number of hydrogen-bond donors (Lipinski definition) is 1. The first-order chi connectivity index (χ1) is 9.94. The van der Waals surface area contributed by atoms with Crippen molar-refractivity contribution >= 4 is 29.0 Å². The minimum atomic E-state index is -4.40. The van der Waals surface area contributed by atoms with Crippen LogP contribution in [0.4, 0.5) is 13.2 Å². The number of nitrogens with one attached hydrogen (secondary N) is 1. The average molecular weight is 337 g/mol. The van der Waals surface area contributed by atoms with Crippen LogP contribution in [0.1, 0.15) is 5.89 Å². The van der Waals surface area contributed by atoms with Crippen LogP contribution < -0.4 is 5.32 Å². The van der Waals surface area contributed by atoms with Crippen molar-refractivity contribution in [1.82, 2.24) is 15.5 Å². The van der Waals surface area contributed by atoms with E-state index in [-0.39, 0.29) is 11.5 Å². The van der Waals surface area contributed by atoms with Crippen molar-refractivity contribution in [3.8, 4) is 10.7 Å². The molecule has 2 heterocycles. The number of nitrogens with zero attached hydrogens (tertiary/aromatic N) is 2. The SMILES string of the molecule is O=C(CSCc1nc(-c2cccs2)no1)NCC(F)(F)F. The van der Waals surface area contributed by atoms with Crippen molar-refractivity contribution in [2.45, 2.75) is 11.9 Å². The third kappa shape index (κ3) is 5.38. The second-order valence-corrected chi connectivity index (χ2v) is 5.81. The molecule has 0 aliphatic rings. The first-order valence-corrected chi connectivity index (χ1v) is 7.75. The maximum absolute atomic E-state index is 11.9. The second kappa shape index (κ2) is 6.94. The van der Waals surface area contributed by atoms with Crippen molar-refractivity contribution in [3.63, 3.8) is 0 Å². The van der Waals surface area contributed by atoms with E-state index in [1.54, 1.807) is 5.32 Å². The van der Waals surface area contributed by atoms with E-state index >= 15 is 0 Å². The normalized spacial score (nSPS) is 11.6. The van der Waals surface area contributed by atoms with Crippen molar-refractivity contribution in [1.29, 1.82) is 0 Å². The van der Waals surface area contributed by atoms with Crippen molar-refractivity contribution in [3.05, 3.63) is 23.4 Å². The molecule has 0 unspecified atom stereocenters. The topological polar surface area (TPSA) is 68.0 Å². The van der Waals surface area contributed by atoms with E-state index in [0.29, 0.717) is 11.7 Å². The fourth-order valence-corrected chi connectivity index (χ4v) is 2.63. The van der Waals surface area contributed by atoms with Crippen molar-refractivity contribution in [2.75, 3.05) is 12.3 Å². The number of thiophene rings is 1. The highest BCUT2D eigenvalue weighted by Gasteiger charge is 2.27. The molecule has 2 aromatic rings. The molecule has 2 rings (SSSR count). The molecular formula is C11H10F3N3O2S2. The third-order valence-electron chi connectivity index (χ3n) is 2.15. The summed E-state index contributed by atoms with van der Waals surface area (Å²) in [5, 5.41) is 7.45. The molecule has 0 atom stereocenters. The Morgan fingerprint density at radius 1 is 1.48 bits per heavy atom. The molecule has 0 radical (unpaired) electrons. The fraction of sp³-hybridized carbons (Fsp3) is 0.364. The van der Waals surface area contributed by atoms with Gasteiger partial charge in [-0.1, -0.05) is 11.2 Å². The fourth-order valence-electron chi connectivity index (χ4n) is 1.30. The largest absolute Gasteiger partial charge is 0.405 e. The number of halogens is 3. The molecule has 0 spiro atoms. The van der Waals surface area contributed by atoms with E-state index in [1.165, 1.54) is 11.3 Å². The lowest BCUT2D eigenvalue weighted by Crippen LogP contribution is -2.34. The Balaban J connectivity index is 1.73. The van der Waals surface area contributed by atoms with Crippen LogP contribution in [0.5, 0.6) is 0 Å². The molecule has 2 aromatic heterocycles. The molecule has 1 amide bonds. The van der Waals surface area contributed by atoms with Crippen LogP contribution in [0.25, 0.3) is 10.7 Å². The highest BCUT2D eigenvalue weighted by molar-refractivity contribution is 7.99. The van der Waals surface area contributed by atoms with Gasteiger partial charge in [-0.15, -0.1) is 23.1 Å². The molecule has 0 fully saturated rings. The Hall–Kier alpha value is -1.55. The Morgan fingerprint density at radius 3 is 2.95 bits per heavy atom. The molecular weight excluding hydrogens is 327 g/mol. The van der Waals surface area contributed by atoms with Gasteiger partial charge in [-0.25, -0.2) is 0 Å². The summed E-state index contributed by atoms with van der Waals surface area (Å²) in [6, 6.07) is 3.70. The Morgan fingerprint density at radius 2 is 2.29 bits per heavy atom. The molecule has 5 nitrogen and oxygen atoms in total. The standard InChI is InChI=1S/C11H10F3N3O2S2/c12-11(13,14)6-15-8(18)4-20-5-9-16-10(17-19-9)7-2-1-3-21-7/h1-3H,4-6H2,(H,15,18). The molecule has 114 valence electrons. The summed E-state index contributed by atoms with van der Waals surface area (Å²) in [4.78, 5) is 16.2. The minimum Gasteiger partial charge on any atom is -0.346 e. The van der Waals surface area contributed by atoms with Crippen molar-refractivity contribution in [2.24, 2.45) is 0 Å². The molecule has 1 N–H and O–H groups in total. The predicted molar refractivity (Wildman–Crippen MR) is 72.8 cm³/mol. The minimum absolute atomic E-state index is 0.104. The number of alkyl halides is 3. The van der Waals surface area contributed by atoms with Crippen LogP contribution in [0, 0.1) is 0 Å². The van der Waals surface area contributed by atoms with E-state index in [2.05, 4.69) is 10.1 Å². The van der Waals surface area contributed by atoms with E-state index in [1.807, 2.05) is 17.5 Å². The molecule has 0 aliphatic carbocycles. The lowest BCUT2D eigenvalue weighted by molar-refractivity contribution is -0.136. The number of aromatic nitrogens is 2. The lowest BCUT2D eigenvalue weighted by atomic mass is 10.4. The molecule has 0 aliphatic heterocycles. The third-order valence-corrected chi connectivity index (χ3v) is 3.94. The van der Waals surface area contributed by atoms with Gasteiger partial charge in [0.1, 0.15) is 6.54 Å². The maximum Gasteiger partial charge on any atom is 0.405 e. The van der Waals surface area contributed by atoms with E-state index < -0.39 is 18.6 Å². The van der Waals surface area contributed by atoms with E-state index in [0.717, 1.165) is 16.6 Å². The highest BCUT2D eigenvalue weighted by atomic mass is 32.2. The van der Waals surface area contributed by atoms with Gasteiger partial charge < -0.3 is 9.84 Å². The van der Waals surface area contributed by atoms with Crippen LogP contribution in [-0.4, -0.2) is 34.5 Å². The number of rotatable bonds is 6. The zero-order valence-corrected chi connectivity index (χ0v) is 12.1. The molecule has 0 saturated carbocycles. The van der Waals surface area contributed by atoms with Gasteiger partial charge in [-0.3, -0.25) is 4.79 Å². The molecule has 21 heavy (non-hydrogen) atoms. The summed E-state index contributed by atoms with van der Waals surface area (Å²) in [6.45, 7) is -1.32. The Bertz CT molecular complexity index is 584. The molecule has 10 heteroatoms. The summed E-state index contributed by atoms with van der Waals surface area (Å²) >= 11 is 2.57. The number of amides is 1. The molecule has 0 bridgehead atoms. The number of carbonyl (C=O) groups is 1. The van der Waals surface area contributed by atoms with Gasteiger partial charge in [0.25, 0.3) is 0 Å². The summed E-state index contributed by atoms with van der Waals surface area (Å²) < 4.78 is 40.7. The summed E-state index contributed by atoms with van der Waals surface area (Å²) in [7, 11) is 0. The van der Waals surface area contributed by atoms with Gasteiger partial charge in [0.15, 0.2) is 0 Å². The Labute approximate surface area is 125 Å². The predicted octanol–water partition coefficient (Wildman–Crippen LogP) is 2.71. The summed E-state index contributed by atoms with van der Waals surface area (Å²) in [6.07, 6.45) is -4.40. The molecule has 0 aromatic carbocycles.